The number of methoxy groups -OCH3 is 1. The van der Waals surface area contributed by atoms with Gasteiger partial charge in [-0.1, -0.05) is 6.07 Å². The number of ether oxygens (including phenoxy) is 1. The molecule has 0 aromatic heterocycles. The number of nitrogens with one attached hydrogen (secondary N) is 1. The van der Waals surface area contributed by atoms with E-state index < -0.39 is 0 Å². The molecule has 2 heteroatoms. The summed E-state index contributed by atoms with van der Waals surface area (Å²) in [7, 11) is 1.69. The van der Waals surface area contributed by atoms with E-state index in [0.29, 0.717) is 5.92 Å². The quantitative estimate of drug-likeness (QED) is 0.733. The molecule has 1 aliphatic carbocycles. The molecule has 1 aromatic rings. The molecule has 1 N–H and O–H groups in total. The Hall–Kier alpha value is -1.53. The van der Waals surface area contributed by atoms with E-state index in [4.69, 9.17) is 10.1 Å². The number of allylic oxidation sites excluding steroid dienone is 1. The van der Waals surface area contributed by atoms with Crippen molar-refractivity contribution in [3.8, 4) is 5.75 Å². The van der Waals surface area contributed by atoms with Crippen LogP contribution in [0.5, 0.6) is 5.75 Å². The molecular formula is C13H15NO. The fraction of sp³-hybridized carbons (Fsp3) is 0.385. The summed E-state index contributed by atoms with van der Waals surface area (Å²) in [5.41, 5.74) is 2.69. The van der Waals surface area contributed by atoms with Crippen molar-refractivity contribution in [2.45, 2.75) is 25.2 Å². The van der Waals surface area contributed by atoms with Gasteiger partial charge in [-0.05, 0) is 54.5 Å². The average molecular weight is 201 g/mol. The van der Waals surface area contributed by atoms with E-state index in [-0.39, 0.29) is 0 Å². The van der Waals surface area contributed by atoms with E-state index >= 15 is 0 Å². The summed E-state index contributed by atoms with van der Waals surface area (Å²) in [6, 6.07) is 6.24. The van der Waals surface area contributed by atoms with Crippen molar-refractivity contribution in [3.05, 3.63) is 35.4 Å². The Morgan fingerprint density at radius 1 is 1.53 bits per heavy atom. The van der Waals surface area contributed by atoms with E-state index in [9.17, 15) is 0 Å². The van der Waals surface area contributed by atoms with Crippen LogP contribution in [-0.4, -0.2) is 13.0 Å². The molecule has 1 atom stereocenters. The number of hydrogen-bond acceptors (Lipinski definition) is 2. The number of fused-ring (bicyclic) bond motifs is 1. The summed E-state index contributed by atoms with van der Waals surface area (Å²) in [6.07, 6.45) is 5.30. The second-order valence-corrected chi connectivity index (χ2v) is 3.87. The van der Waals surface area contributed by atoms with E-state index in [2.05, 4.69) is 18.0 Å². The highest BCUT2D eigenvalue weighted by atomic mass is 16.5. The zero-order valence-corrected chi connectivity index (χ0v) is 8.92. The zero-order chi connectivity index (χ0) is 10.7. The molecule has 1 aromatic carbocycles. The zero-order valence-electron chi connectivity index (χ0n) is 8.92. The summed E-state index contributed by atoms with van der Waals surface area (Å²) < 4.78 is 5.23. The Bertz CT molecular complexity index is 405. The Morgan fingerprint density at radius 3 is 3.13 bits per heavy atom. The van der Waals surface area contributed by atoms with Gasteiger partial charge in [-0.25, -0.2) is 0 Å². The molecule has 15 heavy (non-hydrogen) atoms. The maximum absolute atomic E-state index is 7.04. The first kappa shape index (κ1) is 10.0. The van der Waals surface area contributed by atoms with Crippen LogP contribution >= 0.6 is 0 Å². The van der Waals surface area contributed by atoms with Crippen LogP contribution in [0.2, 0.25) is 0 Å². The average Bonchev–Trinajstić information content (AvgIpc) is 2.29. The van der Waals surface area contributed by atoms with Gasteiger partial charge in [0.15, 0.2) is 0 Å². The van der Waals surface area contributed by atoms with Gasteiger partial charge in [0.1, 0.15) is 5.75 Å². The molecule has 0 radical (unpaired) electrons. The predicted octanol–water partition coefficient (Wildman–Crippen LogP) is 2.92. The summed E-state index contributed by atoms with van der Waals surface area (Å²) >= 11 is 0. The highest BCUT2D eigenvalue weighted by Crippen LogP contribution is 2.34. The molecule has 2 rings (SSSR count). The predicted molar refractivity (Wildman–Crippen MR) is 61.0 cm³/mol. The van der Waals surface area contributed by atoms with Crippen LogP contribution < -0.4 is 4.74 Å². The lowest BCUT2D eigenvalue weighted by Gasteiger charge is -2.22. The monoisotopic (exact) mass is 201 g/mol. The van der Waals surface area contributed by atoms with Crippen molar-refractivity contribution in [1.29, 1.82) is 5.41 Å². The second-order valence-electron chi connectivity index (χ2n) is 3.87. The Balaban J connectivity index is 2.43. The number of rotatable bonds is 2. The van der Waals surface area contributed by atoms with E-state index in [1.54, 1.807) is 7.11 Å². The largest absolute Gasteiger partial charge is 0.497 e. The minimum Gasteiger partial charge on any atom is -0.497 e. The normalized spacial score (nSPS) is 18.9. The van der Waals surface area contributed by atoms with E-state index in [1.165, 1.54) is 17.5 Å². The van der Waals surface area contributed by atoms with Gasteiger partial charge in [0, 0.05) is 5.92 Å². The highest BCUT2D eigenvalue weighted by Gasteiger charge is 2.18. The molecule has 1 aliphatic rings. The summed E-state index contributed by atoms with van der Waals surface area (Å²) in [4.78, 5) is 0. The molecule has 0 spiro atoms. The van der Waals surface area contributed by atoms with Crippen LogP contribution in [-0.2, 0) is 6.42 Å². The van der Waals surface area contributed by atoms with Crippen LogP contribution in [0.3, 0.4) is 0 Å². The molecule has 2 nitrogen and oxygen atoms in total. The van der Waals surface area contributed by atoms with Crippen molar-refractivity contribution in [2.75, 3.05) is 7.11 Å². The van der Waals surface area contributed by atoms with Crippen LogP contribution in [0, 0.1) is 5.41 Å². The van der Waals surface area contributed by atoms with Crippen molar-refractivity contribution >= 4 is 5.87 Å². The third-order valence-electron chi connectivity index (χ3n) is 3.00. The molecule has 0 aliphatic heterocycles. The SMILES string of the molecule is COc1ccc2c(c1)C(C=C=N)CCC2. The van der Waals surface area contributed by atoms with Gasteiger partial charge in [-0.15, -0.1) is 0 Å². The summed E-state index contributed by atoms with van der Waals surface area (Å²) in [5, 5.41) is 7.04. The third-order valence-corrected chi connectivity index (χ3v) is 3.00. The standard InChI is InChI=1S/C13H15NO/c1-15-12-6-5-10-3-2-4-11(7-8-14)13(10)9-12/h5-7,9,11,14H,2-4H2,1H3. The Kier molecular flexibility index (Phi) is 2.89. The van der Waals surface area contributed by atoms with Gasteiger partial charge in [0.2, 0.25) is 0 Å². The van der Waals surface area contributed by atoms with Crippen LogP contribution in [0.1, 0.15) is 29.9 Å². The first-order chi connectivity index (χ1) is 7.35. The minimum absolute atomic E-state index is 0.348. The second kappa shape index (κ2) is 4.33. The van der Waals surface area contributed by atoms with Crippen molar-refractivity contribution in [2.24, 2.45) is 0 Å². The molecule has 0 saturated carbocycles. The van der Waals surface area contributed by atoms with E-state index in [1.807, 2.05) is 12.1 Å². The fourth-order valence-electron chi connectivity index (χ4n) is 2.21. The van der Waals surface area contributed by atoms with Crippen molar-refractivity contribution in [1.82, 2.24) is 0 Å². The van der Waals surface area contributed by atoms with Gasteiger partial charge in [0.05, 0.1) is 7.11 Å². The molecule has 0 amide bonds. The molecule has 0 bridgehead atoms. The van der Waals surface area contributed by atoms with E-state index in [0.717, 1.165) is 18.6 Å². The maximum Gasteiger partial charge on any atom is 0.119 e. The van der Waals surface area contributed by atoms with Crippen molar-refractivity contribution < 1.29 is 4.74 Å². The molecule has 0 fully saturated rings. The van der Waals surface area contributed by atoms with Crippen LogP contribution in [0.25, 0.3) is 0 Å². The third kappa shape index (κ3) is 1.95. The number of benzene rings is 1. The van der Waals surface area contributed by atoms with Gasteiger partial charge in [0.25, 0.3) is 0 Å². The smallest absolute Gasteiger partial charge is 0.119 e. The molecule has 0 saturated heterocycles. The fourth-order valence-corrected chi connectivity index (χ4v) is 2.21. The Labute approximate surface area is 90.1 Å². The lowest BCUT2D eigenvalue weighted by atomic mass is 9.83. The first-order valence-corrected chi connectivity index (χ1v) is 5.27. The maximum atomic E-state index is 7.04. The van der Waals surface area contributed by atoms with Gasteiger partial charge in [-0.3, -0.25) is 5.41 Å². The van der Waals surface area contributed by atoms with Crippen molar-refractivity contribution in [3.63, 3.8) is 0 Å². The molecule has 78 valence electrons. The minimum atomic E-state index is 0.348. The lowest BCUT2D eigenvalue weighted by molar-refractivity contribution is 0.413. The molecular weight excluding hydrogens is 186 g/mol. The topological polar surface area (TPSA) is 33.1 Å². The van der Waals surface area contributed by atoms with Gasteiger partial charge < -0.3 is 4.74 Å². The highest BCUT2D eigenvalue weighted by molar-refractivity contribution is 5.52. The van der Waals surface area contributed by atoms with Gasteiger partial charge in [-0.2, -0.15) is 0 Å². The van der Waals surface area contributed by atoms with Gasteiger partial charge >= 0.3 is 0 Å². The molecule has 1 unspecified atom stereocenters. The van der Waals surface area contributed by atoms with Crippen LogP contribution in [0.15, 0.2) is 24.3 Å². The lowest BCUT2D eigenvalue weighted by Crippen LogP contribution is -2.08. The number of hydrogen-bond donors (Lipinski definition) is 1. The summed E-state index contributed by atoms with van der Waals surface area (Å²) in [6.45, 7) is 0. The number of aryl methyl sites for hydroxylation is 1. The first-order valence-electron chi connectivity index (χ1n) is 5.27. The summed E-state index contributed by atoms with van der Waals surface area (Å²) in [5.74, 6) is 3.65. The molecule has 0 heterocycles. The van der Waals surface area contributed by atoms with Crippen LogP contribution in [0.4, 0.5) is 0 Å². The Morgan fingerprint density at radius 2 is 2.40 bits per heavy atom.